The molecule has 0 bridgehead atoms. The van der Waals surface area contributed by atoms with Gasteiger partial charge in [-0.3, -0.25) is 4.79 Å². The number of methoxy groups -OCH3 is 1. The molecule has 0 fully saturated rings. The third-order valence-electron chi connectivity index (χ3n) is 3.83. The molecule has 2 N–H and O–H groups in total. The number of nitrogens with one attached hydrogen (secondary N) is 1. The number of aliphatic hydroxyl groups excluding tert-OH is 1. The van der Waals surface area contributed by atoms with Crippen molar-refractivity contribution < 1.29 is 14.6 Å². The van der Waals surface area contributed by atoms with E-state index in [4.69, 9.17) is 16.3 Å². The first kappa shape index (κ1) is 18.3. The molecule has 0 aromatic heterocycles. The van der Waals surface area contributed by atoms with Gasteiger partial charge in [0.25, 0.3) is 5.91 Å². The fraction of sp³-hybridized carbons (Fsp3) is 0.316. The molecule has 2 aromatic rings. The van der Waals surface area contributed by atoms with E-state index in [1.165, 1.54) is 7.11 Å². The van der Waals surface area contributed by atoms with E-state index < -0.39 is 6.10 Å². The van der Waals surface area contributed by atoms with Gasteiger partial charge in [-0.25, -0.2) is 0 Å². The van der Waals surface area contributed by atoms with Gasteiger partial charge in [0.15, 0.2) is 0 Å². The molecule has 24 heavy (non-hydrogen) atoms. The zero-order valence-electron chi connectivity index (χ0n) is 13.8. The Bertz CT molecular complexity index is 674. The molecule has 0 aliphatic heterocycles. The molecule has 128 valence electrons. The summed E-state index contributed by atoms with van der Waals surface area (Å²) in [6.45, 7) is 2.15. The van der Waals surface area contributed by atoms with Crippen LogP contribution in [-0.4, -0.2) is 30.8 Å². The molecule has 0 aliphatic carbocycles. The molecule has 4 nitrogen and oxygen atoms in total. The number of aliphatic hydroxyl groups is 1. The molecule has 5 heteroatoms. The number of hydrogen-bond donors (Lipinski definition) is 2. The minimum atomic E-state index is -0.457. The highest BCUT2D eigenvalue weighted by molar-refractivity contribution is 6.34. The van der Waals surface area contributed by atoms with E-state index in [1.807, 2.05) is 30.3 Å². The number of benzene rings is 2. The number of ether oxygens (including phenoxy) is 1. The average Bonchev–Trinajstić information content (AvgIpc) is 2.58. The van der Waals surface area contributed by atoms with Crippen molar-refractivity contribution in [3.8, 4) is 5.75 Å². The Kier molecular flexibility index (Phi) is 6.64. The first-order valence-corrected chi connectivity index (χ1v) is 8.24. The van der Waals surface area contributed by atoms with Crippen molar-refractivity contribution in [2.75, 3.05) is 13.7 Å². The van der Waals surface area contributed by atoms with Crippen molar-refractivity contribution in [3.05, 3.63) is 64.7 Å². The van der Waals surface area contributed by atoms with Gasteiger partial charge in [-0.1, -0.05) is 48.0 Å². The minimum absolute atomic E-state index is 0.0173. The molecular weight excluding hydrogens is 326 g/mol. The lowest BCUT2D eigenvalue weighted by molar-refractivity contribution is 0.0942. The molecular formula is C19H22ClNO3. The summed E-state index contributed by atoms with van der Waals surface area (Å²) in [6, 6.07) is 14.9. The third-order valence-corrected chi connectivity index (χ3v) is 4.14. The van der Waals surface area contributed by atoms with Crippen molar-refractivity contribution in [3.63, 3.8) is 0 Å². The number of rotatable bonds is 7. The van der Waals surface area contributed by atoms with Crippen molar-refractivity contribution >= 4 is 17.5 Å². The van der Waals surface area contributed by atoms with Gasteiger partial charge in [-0.15, -0.1) is 0 Å². The predicted molar refractivity (Wildman–Crippen MR) is 95.8 cm³/mol. The molecule has 2 atom stereocenters. The van der Waals surface area contributed by atoms with Gasteiger partial charge in [-0.05, 0) is 31.0 Å². The third kappa shape index (κ3) is 4.73. The van der Waals surface area contributed by atoms with Crippen molar-refractivity contribution in [2.45, 2.75) is 25.4 Å². The average molecular weight is 348 g/mol. The maximum Gasteiger partial charge on any atom is 0.256 e. The quantitative estimate of drug-likeness (QED) is 0.804. The summed E-state index contributed by atoms with van der Waals surface area (Å²) in [6.07, 6.45) is 0.103. The molecule has 0 heterocycles. The van der Waals surface area contributed by atoms with Gasteiger partial charge in [0.2, 0.25) is 0 Å². The van der Waals surface area contributed by atoms with E-state index in [9.17, 15) is 9.90 Å². The molecule has 0 spiro atoms. The lowest BCUT2D eigenvalue weighted by atomic mass is 9.93. The Labute approximate surface area is 147 Å². The maximum absolute atomic E-state index is 12.5. The highest BCUT2D eigenvalue weighted by Crippen LogP contribution is 2.26. The summed E-state index contributed by atoms with van der Waals surface area (Å²) in [5, 5.41) is 13.0. The second-order valence-corrected chi connectivity index (χ2v) is 6.13. The van der Waals surface area contributed by atoms with Crippen LogP contribution in [0, 0.1) is 0 Å². The second kappa shape index (κ2) is 8.71. The van der Waals surface area contributed by atoms with Gasteiger partial charge in [0.1, 0.15) is 5.75 Å². The van der Waals surface area contributed by atoms with E-state index in [0.29, 0.717) is 29.3 Å². The number of carbonyl (C=O) groups excluding carboxylic acids is 1. The summed E-state index contributed by atoms with van der Waals surface area (Å²) in [5.74, 6) is 0.166. The standard InChI is InChI=1S/C19H22ClNO3/c1-13(22)11-15(14-7-4-3-5-8-14)12-21-19(23)18-16(20)9-6-10-17(18)24-2/h3-10,13,15,22H,11-12H2,1-2H3,(H,21,23). The molecule has 0 saturated carbocycles. The van der Waals surface area contributed by atoms with E-state index in [2.05, 4.69) is 5.32 Å². The Balaban J connectivity index is 2.13. The number of amides is 1. The molecule has 2 rings (SSSR count). The van der Waals surface area contributed by atoms with Gasteiger partial charge >= 0.3 is 0 Å². The smallest absolute Gasteiger partial charge is 0.256 e. The van der Waals surface area contributed by atoms with E-state index in [1.54, 1.807) is 25.1 Å². The van der Waals surface area contributed by atoms with Gasteiger partial charge < -0.3 is 15.2 Å². The van der Waals surface area contributed by atoms with E-state index >= 15 is 0 Å². The first-order chi connectivity index (χ1) is 11.5. The lowest BCUT2D eigenvalue weighted by Crippen LogP contribution is -2.30. The maximum atomic E-state index is 12.5. The second-order valence-electron chi connectivity index (χ2n) is 5.72. The van der Waals surface area contributed by atoms with Gasteiger partial charge in [0, 0.05) is 12.5 Å². The largest absolute Gasteiger partial charge is 0.496 e. The Morgan fingerprint density at radius 3 is 2.54 bits per heavy atom. The topological polar surface area (TPSA) is 58.6 Å². The Hall–Kier alpha value is -2.04. The van der Waals surface area contributed by atoms with Crippen LogP contribution in [-0.2, 0) is 0 Å². The molecule has 2 unspecified atom stereocenters. The first-order valence-electron chi connectivity index (χ1n) is 7.86. The zero-order chi connectivity index (χ0) is 17.5. The normalized spacial score (nSPS) is 13.2. The fourth-order valence-electron chi connectivity index (χ4n) is 2.67. The van der Waals surface area contributed by atoms with Gasteiger partial charge in [0.05, 0.1) is 23.8 Å². The van der Waals surface area contributed by atoms with Crippen LogP contribution in [0.3, 0.4) is 0 Å². The van der Waals surface area contributed by atoms with Crippen LogP contribution in [0.2, 0.25) is 5.02 Å². The highest BCUT2D eigenvalue weighted by Gasteiger charge is 2.19. The summed E-state index contributed by atoms with van der Waals surface area (Å²) in [4.78, 5) is 12.5. The summed E-state index contributed by atoms with van der Waals surface area (Å²) >= 11 is 6.14. The number of halogens is 1. The molecule has 1 amide bonds. The molecule has 0 aliphatic rings. The van der Waals surface area contributed by atoms with Gasteiger partial charge in [-0.2, -0.15) is 0 Å². The number of hydrogen-bond acceptors (Lipinski definition) is 3. The van der Waals surface area contributed by atoms with E-state index in [-0.39, 0.29) is 11.8 Å². The Morgan fingerprint density at radius 1 is 1.21 bits per heavy atom. The van der Waals surface area contributed by atoms with E-state index in [0.717, 1.165) is 5.56 Å². The molecule has 0 radical (unpaired) electrons. The van der Waals surface area contributed by atoms with Crippen molar-refractivity contribution in [1.82, 2.24) is 5.32 Å². The predicted octanol–water partition coefficient (Wildman–Crippen LogP) is 3.63. The number of carbonyl (C=O) groups is 1. The SMILES string of the molecule is COc1cccc(Cl)c1C(=O)NCC(CC(C)O)c1ccccc1. The lowest BCUT2D eigenvalue weighted by Gasteiger charge is -2.20. The van der Waals surface area contributed by atoms with Crippen molar-refractivity contribution in [1.29, 1.82) is 0 Å². The monoisotopic (exact) mass is 347 g/mol. The molecule has 0 saturated heterocycles. The van der Waals surface area contributed by atoms with Crippen LogP contribution >= 0.6 is 11.6 Å². The Morgan fingerprint density at radius 2 is 1.92 bits per heavy atom. The van der Waals surface area contributed by atoms with Crippen LogP contribution in [0.1, 0.15) is 35.2 Å². The zero-order valence-corrected chi connectivity index (χ0v) is 14.6. The minimum Gasteiger partial charge on any atom is -0.496 e. The summed E-state index contributed by atoms with van der Waals surface area (Å²) in [7, 11) is 1.50. The fourth-order valence-corrected chi connectivity index (χ4v) is 2.93. The van der Waals surface area contributed by atoms with Crippen LogP contribution in [0.4, 0.5) is 0 Å². The summed E-state index contributed by atoms with van der Waals surface area (Å²) < 4.78 is 5.22. The van der Waals surface area contributed by atoms with Crippen LogP contribution in [0.5, 0.6) is 5.75 Å². The van der Waals surface area contributed by atoms with Crippen LogP contribution < -0.4 is 10.1 Å². The molecule has 2 aromatic carbocycles. The van der Waals surface area contributed by atoms with Crippen LogP contribution in [0.25, 0.3) is 0 Å². The van der Waals surface area contributed by atoms with Crippen molar-refractivity contribution in [2.24, 2.45) is 0 Å². The highest BCUT2D eigenvalue weighted by atomic mass is 35.5. The summed E-state index contributed by atoms with van der Waals surface area (Å²) in [5.41, 5.74) is 1.40. The van der Waals surface area contributed by atoms with Crippen LogP contribution in [0.15, 0.2) is 48.5 Å².